The first kappa shape index (κ1) is 60.6. The van der Waals surface area contributed by atoms with Crippen molar-refractivity contribution >= 4 is 41.3 Å². The molecule has 1 aromatic carbocycles. The highest BCUT2D eigenvalue weighted by molar-refractivity contribution is 7.83. The Balaban J connectivity index is 0. The Kier molecular flexibility index (Phi) is 32.7. The van der Waals surface area contributed by atoms with Crippen molar-refractivity contribution in [2.24, 2.45) is 34.4 Å². The summed E-state index contributed by atoms with van der Waals surface area (Å²) in [5, 5.41) is 8.52. The number of nitrogens with one attached hydrogen (secondary N) is 1. The van der Waals surface area contributed by atoms with E-state index in [1.54, 1.807) is 4.90 Å². The number of ketones is 1. The molecule has 1 amide bonds. The van der Waals surface area contributed by atoms with Gasteiger partial charge in [-0.15, -0.1) is 12.8 Å². The number of fused-ring (bicyclic) bond motifs is 1. The van der Waals surface area contributed by atoms with Crippen molar-refractivity contribution in [1.29, 1.82) is 0 Å². The van der Waals surface area contributed by atoms with E-state index in [4.69, 9.17) is 15.7 Å². The van der Waals surface area contributed by atoms with Crippen LogP contribution in [0.5, 0.6) is 0 Å². The summed E-state index contributed by atoms with van der Waals surface area (Å²) in [6.45, 7) is 23.6. The lowest BCUT2D eigenvalue weighted by Crippen LogP contribution is -2.40. The van der Waals surface area contributed by atoms with Gasteiger partial charge < -0.3 is 26.5 Å². The second-order valence-corrected chi connectivity index (χ2v) is 18.7. The van der Waals surface area contributed by atoms with Gasteiger partial charge in [0, 0.05) is 42.4 Å². The molecule has 11 heteroatoms. The minimum absolute atomic E-state index is 0. The fraction of sp³-hybridized carbons (Fsp3) is 0.538. The number of allylic oxidation sites excluding steroid dienone is 10. The Morgan fingerprint density at radius 2 is 1.63 bits per heavy atom. The molecule has 2 fully saturated rings. The number of carbonyl (C=O) groups excluding carboxylic acids is 4. The van der Waals surface area contributed by atoms with Crippen LogP contribution in [0.25, 0.3) is 5.57 Å². The number of benzene rings is 1. The van der Waals surface area contributed by atoms with Crippen molar-refractivity contribution in [3.05, 3.63) is 101 Å². The number of aldehydes is 1. The molecule has 352 valence electrons. The summed E-state index contributed by atoms with van der Waals surface area (Å²) in [5.74, 6) is 0.965. The van der Waals surface area contributed by atoms with Crippen LogP contribution in [0, 0.1) is 30.6 Å². The average Bonchev–Trinajstić information content (AvgIpc) is 3.98. The molecule has 4 atom stereocenters. The Morgan fingerprint density at radius 3 is 2.11 bits per heavy atom. The molecule has 4 aliphatic rings. The zero-order valence-corrected chi connectivity index (χ0v) is 41.2. The molecular formula is C52H83N5O5S. The van der Waals surface area contributed by atoms with E-state index < -0.39 is 22.8 Å². The van der Waals surface area contributed by atoms with Crippen molar-refractivity contribution in [3.8, 4) is 12.8 Å². The van der Waals surface area contributed by atoms with Crippen molar-refractivity contribution in [2.75, 3.05) is 20.6 Å². The first-order valence-electron chi connectivity index (χ1n) is 22.2. The van der Waals surface area contributed by atoms with Gasteiger partial charge in [0.2, 0.25) is 11.7 Å². The van der Waals surface area contributed by atoms with Crippen LogP contribution in [-0.2, 0) is 36.6 Å². The number of rotatable bonds is 14. The van der Waals surface area contributed by atoms with E-state index in [1.807, 2.05) is 41.5 Å². The molecular weight excluding hydrogens is 807 g/mol. The summed E-state index contributed by atoms with van der Waals surface area (Å²) in [4.78, 5) is 44.2. The quantitative estimate of drug-likeness (QED) is 0.0470. The van der Waals surface area contributed by atoms with E-state index in [2.05, 4.69) is 119 Å². The number of Topliss-reactive ketones (excluding diaryl/α,β-unsaturated/α-hetero) is 1. The predicted molar refractivity (Wildman–Crippen MR) is 268 cm³/mol. The van der Waals surface area contributed by atoms with Gasteiger partial charge in [-0.3, -0.25) is 19.5 Å². The molecule has 63 heavy (non-hydrogen) atoms. The minimum Gasteiger partial charge on any atom is -0.388 e. The van der Waals surface area contributed by atoms with E-state index in [1.165, 1.54) is 46.2 Å². The van der Waals surface area contributed by atoms with Gasteiger partial charge in [0.05, 0.1) is 17.0 Å². The lowest BCUT2D eigenvalue weighted by molar-refractivity contribution is -0.140. The molecule has 1 saturated heterocycles. The maximum absolute atomic E-state index is 12.3. The monoisotopic (exact) mass is 890 g/mol. The minimum atomic E-state index is -1.01. The molecule has 3 aliphatic carbocycles. The lowest BCUT2D eigenvalue weighted by atomic mass is 9.90. The number of terminal acetylenes is 1. The molecule has 0 aromatic heterocycles. The maximum Gasteiger partial charge on any atom is 0.223 e. The van der Waals surface area contributed by atoms with Gasteiger partial charge in [0.1, 0.15) is 6.79 Å². The highest BCUT2D eigenvalue weighted by Gasteiger charge is 2.37. The Bertz CT molecular complexity index is 1740. The van der Waals surface area contributed by atoms with Gasteiger partial charge in [0.15, 0.2) is 6.29 Å². The Labute approximate surface area is 385 Å². The van der Waals surface area contributed by atoms with E-state index in [9.17, 15) is 18.6 Å². The molecule has 7 N–H and O–H groups in total. The van der Waals surface area contributed by atoms with Crippen molar-refractivity contribution in [1.82, 2.24) is 10.2 Å². The van der Waals surface area contributed by atoms with Crippen LogP contribution < -0.4 is 21.9 Å². The van der Waals surface area contributed by atoms with E-state index in [0.717, 1.165) is 57.8 Å². The SMILES string of the molecule is C#C.C=C1/C(=C(C)\C=C(/C)C2C=CC(NC)=CC2)Cc2ccccc21.C=O.CC(C)(C)N.CC(C)/C=C\CCCCCCC(=O)N1CC(C)CC1C(=O)C=O.CN.NS(=O)C1CC1. The van der Waals surface area contributed by atoms with Crippen molar-refractivity contribution < 1.29 is 23.4 Å². The Morgan fingerprint density at radius 1 is 1.05 bits per heavy atom. The number of hydrogen-bond acceptors (Lipinski definition) is 8. The second-order valence-electron chi connectivity index (χ2n) is 17.4. The number of likely N-dealkylation sites (N-methyl/N-ethyl adjacent to an activating group) is 1. The third-order valence-corrected chi connectivity index (χ3v) is 11.3. The van der Waals surface area contributed by atoms with Gasteiger partial charge in [0.25, 0.3) is 0 Å². The number of carbonyl (C=O) groups is 4. The molecule has 1 saturated carbocycles. The highest BCUT2D eigenvalue weighted by Crippen LogP contribution is 2.38. The number of unbranched alkanes of at least 4 members (excludes halogenated alkanes) is 4. The zero-order valence-electron chi connectivity index (χ0n) is 40.4. The fourth-order valence-electron chi connectivity index (χ4n) is 6.86. The van der Waals surface area contributed by atoms with E-state index in [-0.39, 0.29) is 11.4 Å². The summed E-state index contributed by atoms with van der Waals surface area (Å²) in [6.07, 6.45) is 32.5. The van der Waals surface area contributed by atoms with Crippen LogP contribution >= 0.6 is 0 Å². The van der Waals surface area contributed by atoms with Crippen LogP contribution in [-0.4, -0.2) is 71.3 Å². The van der Waals surface area contributed by atoms with E-state index >= 15 is 0 Å². The number of nitrogens with two attached hydrogens (primary N) is 3. The average molecular weight is 890 g/mol. The smallest absolute Gasteiger partial charge is 0.223 e. The summed E-state index contributed by atoms with van der Waals surface area (Å²) < 4.78 is 10.1. The molecule has 10 nitrogen and oxygen atoms in total. The van der Waals surface area contributed by atoms with Crippen LogP contribution in [0.3, 0.4) is 0 Å². The molecule has 0 spiro atoms. The Hall–Kier alpha value is -4.47. The largest absolute Gasteiger partial charge is 0.388 e. The molecule has 5 rings (SSSR count). The van der Waals surface area contributed by atoms with E-state index in [0.29, 0.717) is 48.7 Å². The third-order valence-electron chi connectivity index (χ3n) is 10.1. The van der Waals surface area contributed by atoms with Gasteiger partial charge in [-0.25, -0.2) is 4.21 Å². The van der Waals surface area contributed by atoms with Crippen LogP contribution in [0.1, 0.15) is 131 Å². The zero-order chi connectivity index (χ0) is 48.7. The summed E-state index contributed by atoms with van der Waals surface area (Å²) in [7, 11) is 2.46. The molecule has 0 radical (unpaired) electrons. The third kappa shape index (κ3) is 26.0. The fourth-order valence-corrected chi connectivity index (χ4v) is 7.46. The summed E-state index contributed by atoms with van der Waals surface area (Å²) in [6, 6.07) is 8.09. The van der Waals surface area contributed by atoms with Gasteiger partial charge in [-0.1, -0.05) is 100 Å². The first-order chi connectivity index (χ1) is 29.9. The number of nitrogens with zero attached hydrogens (tertiary/aromatic N) is 1. The number of hydrogen-bond donors (Lipinski definition) is 4. The predicted octanol–water partition coefficient (Wildman–Crippen LogP) is 8.90. The molecule has 1 aromatic rings. The summed E-state index contributed by atoms with van der Waals surface area (Å²) >= 11 is 0. The normalized spacial score (nSPS) is 19.8. The van der Waals surface area contributed by atoms with Crippen molar-refractivity contribution in [3.63, 3.8) is 0 Å². The molecule has 4 unspecified atom stereocenters. The van der Waals surface area contributed by atoms with Crippen LogP contribution in [0.2, 0.25) is 0 Å². The lowest BCUT2D eigenvalue weighted by Gasteiger charge is -2.22. The number of amides is 1. The van der Waals surface area contributed by atoms with Crippen molar-refractivity contribution in [2.45, 2.75) is 143 Å². The molecule has 0 bridgehead atoms. The molecule has 1 aliphatic heterocycles. The van der Waals surface area contributed by atoms with Gasteiger partial charge >= 0.3 is 0 Å². The second kappa shape index (κ2) is 34.0. The standard InChI is InChI=1S/C22H25N.C19H31NO3.C4H11N.C3H7NOS.C2H2.CH5N.CH2O/c1-15(18-9-11-20(23-4)12-10-18)13-16(2)22-14-19-7-5-6-8-21(19)17(22)3;1-15(2)10-8-6-4-5-7-9-11-19(23)20-13-16(3)12-17(20)18(22)14-21;1-4(2,3)5;4-6(5)3-1-2-3;3*1-2/h5-9,11-13,18,23H,3,10,14H2,1-2,4H3;8,10,14-17H,4-7,9,11-13H2,1-3H3;5H2,1-3H3;3H,1-2,4H2;1-2H;2H2,1H3;1H2/b15-13+,22-16-;10-8-;;;;;. The van der Waals surface area contributed by atoms with Crippen LogP contribution in [0.4, 0.5) is 0 Å². The number of likely N-dealkylation sites (tertiary alicyclic amines) is 1. The highest BCUT2D eigenvalue weighted by atomic mass is 32.2. The first-order valence-corrected chi connectivity index (χ1v) is 23.4. The van der Waals surface area contributed by atoms with Crippen LogP contribution in [0.15, 0.2) is 89.7 Å². The maximum atomic E-state index is 12.3. The van der Waals surface area contributed by atoms with Gasteiger partial charge in [-0.2, -0.15) is 0 Å². The topological polar surface area (TPSA) is 179 Å². The summed E-state index contributed by atoms with van der Waals surface area (Å²) in [5.41, 5.74) is 19.1. The van der Waals surface area contributed by atoms with Gasteiger partial charge in [-0.05, 0) is 139 Å². The molecule has 1 heterocycles.